The number of aromatic hydroxyl groups is 1. The lowest BCUT2D eigenvalue weighted by Crippen LogP contribution is -2.23. The number of carboxylic acids is 1. The van der Waals surface area contributed by atoms with Gasteiger partial charge in [0.05, 0.1) is 5.52 Å². The molecular weight excluding hydrogens is 360 g/mol. The van der Waals surface area contributed by atoms with Gasteiger partial charge in [0.2, 0.25) is 0 Å². The summed E-state index contributed by atoms with van der Waals surface area (Å²) in [5.41, 5.74) is 0.164. The van der Waals surface area contributed by atoms with Crippen molar-refractivity contribution in [1.29, 1.82) is 0 Å². The monoisotopic (exact) mass is 372 g/mol. The third-order valence-corrected chi connectivity index (χ3v) is 4.02. The van der Waals surface area contributed by atoms with Crippen molar-refractivity contribution in [1.82, 2.24) is 10.3 Å². The number of halogens is 1. The molecule has 0 aliphatic heterocycles. The molecule has 0 aliphatic carbocycles. The zero-order valence-electron chi connectivity index (χ0n) is 13.2. The largest absolute Gasteiger partial charge is 0.508 e. The molecule has 8 heteroatoms. The molecule has 0 saturated carbocycles. The van der Waals surface area contributed by atoms with E-state index in [4.69, 9.17) is 16.7 Å². The van der Waals surface area contributed by atoms with Crippen LogP contribution < -0.4 is 10.9 Å². The van der Waals surface area contributed by atoms with E-state index in [9.17, 15) is 19.5 Å². The number of carbonyl (C=O) groups excluding carboxylic acids is 1. The third-order valence-electron chi connectivity index (χ3n) is 3.80. The van der Waals surface area contributed by atoms with E-state index in [-0.39, 0.29) is 23.8 Å². The molecule has 26 heavy (non-hydrogen) atoms. The van der Waals surface area contributed by atoms with Crippen molar-refractivity contribution in [3.63, 3.8) is 0 Å². The van der Waals surface area contributed by atoms with Gasteiger partial charge in [0, 0.05) is 22.5 Å². The van der Waals surface area contributed by atoms with Gasteiger partial charge in [0.1, 0.15) is 11.3 Å². The quantitative estimate of drug-likeness (QED) is 0.561. The molecule has 132 valence electrons. The fraction of sp³-hybridized carbons (Fsp3) is 0.0556. The van der Waals surface area contributed by atoms with Crippen LogP contribution in [0, 0.1) is 0 Å². The van der Waals surface area contributed by atoms with Crippen molar-refractivity contribution < 1.29 is 19.8 Å². The summed E-state index contributed by atoms with van der Waals surface area (Å²) in [6.45, 7) is 0.0686. The van der Waals surface area contributed by atoms with Gasteiger partial charge in [-0.2, -0.15) is 0 Å². The number of H-pyrrole nitrogens is 1. The molecule has 1 amide bonds. The number of nitrogens with one attached hydrogen (secondary N) is 2. The first-order valence-electron chi connectivity index (χ1n) is 7.51. The summed E-state index contributed by atoms with van der Waals surface area (Å²) in [5.74, 6) is -1.66. The molecule has 0 saturated heterocycles. The molecule has 0 fully saturated rings. The van der Waals surface area contributed by atoms with Gasteiger partial charge in [-0.05, 0) is 48.0 Å². The van der Waals surface area contributed by atoms with Crippen molar-refractivity contribution in [2.45, 2.75) is 6.54 Å². The van der Waals surface area contributed by atoms with E-state index in [0.29, 0.717) is 27.1 Å². The topological polar surface area (TPSA) is 119 Å². The minimum Gasteiger partial charge on any atom is -0.508 e. The number of phenolic OH excluding ortho intramolecular Hbond substituents is 1. The predicted octanol–water partition coefficient (Wildman–Crippen LogP) is 2.52. The molecule has 0 aliphatic rings. The maximum Gasteiger partial charge on any atom is 0.341 e. The van der Waals surface area contributed by atoms with Crippen LogP contribution in [0.5, 0.6) is 5.75 Å². The number of benzene rings is 2. The summed E-state index contributed by atoms with van der Waals surface area (Å²) in [6.07, 6.45) is 0. The van der Waals surface area contributed by atoms with Gasteiger partial charge >= 0.3 is 5.97 Å². The Kier molecular flexibility index (Phi) is 4.64. The number of phenols is 1. The number of pyridine rings is 1. The highest BCUT2D eigenvalue weighted by Crippen LogP contribution is 2.22. The molecule has 3 aromatic rings. The van der Waals surface area contributed by atoms with Crippen LogP contribution >= 0.6 is 11.6 Å². The highest BCUT2D eigenvalue weighted by molar-refractivity contribution is 6.31. The predicted molar refractivity (Wildman–Crippen MR) is 95.8 cm³/mol. The lowest BCUT2D eigenvalue weighted by Gasteiger charge is -2.10. The number of fused-ring (bicyclic) bond motifs is 1. The van der Waals surface area contributed by atoms with Crippen LogP contribution in [0.3, 0.4) is 0 Å². The minimum absolute atomic E-state index is 0.0502. The molecule has 4 N–H and O–H groups in total. The van der Waals surface area contributed by atoms with Crippen molar-refractivity contribution in [2.75, 3.05) is 0 Å². The van der Waals surface area contributed by atoms with Gasteiger partial charge in [-0.15, -0.1) is 0 Å². The molecule has 0 radical (unpaired) electrons. The van der Waals surface area contributed by atoms with Crippen LogP contribution in [0.15, 0.2) is 47.3 Å². The smallest absolute Gasteiger partial charge is 0.341 e. The Morgan fingerprint density at radius 1 is 1.12 bits per heavy atom. The summed E-state index contributed by atoms with van der Waals surface area (Å²) in [4.78, 5) is 37.7. The lowest BCUT2D eigenvalue weighted by atomic mass is 10.1. The Hall–Kier alpha value is -3.32. The Balaban J connectivity index is 1.93. The van der Waals surface area contributed by atoms with Crippen LogP contribution in [0.2, 0.25) is 5.02 Å². The van der Waals surface area contributed by atoms with Crippen molar-refractivity contribution >= 4 is 34.4 Å². The molecule has 7 nitrogen and oxygen atoms in total. The van der Waals surface area contributed by atoms with E-state index in [0.717, 1.165) is 0 Å². The van der Waals surface area contributed by atoms with E-state index < -0.39 is 11.5 Å². The van der Waals surface area contributed by atoms with Gasteiger partial charge in [0.15, 0.2) is 0 Å². The highest BCUT2D eigenvalue weighted by atomic mass is 35.5. The van der Waals surface area contributed by atoms with Gasteiger partial charge in [-0.1, -0.05) is 11.6 Å². The Morgan fingerprint density at radius 3 is 2.46 bits per heavy atom. The standard InChI is InChI=1S/C18H13ClN2O5/c19-12-5-10-7-14(18(25)26)17(24)21-15(10)11(6-12)8-20-16(23)9-1-3-13(22)4-2-9/h1-7,22H,8H2,(H,20,23)(H,21,24)(H,25,26). The molecule has 2 aromatic carbocycles. The van der Waals surface area contributed by atoms with E-state index >= 15 is 0 Å². The maximum atomic E-state index is 12.2. The number of aromatic carboxylic acids is 1. The summed E-state index contributed by atoms with van der Waals surface area (Å²) in [7, 11) is 0. The second-order valence-corrected chi connectivity index (χ2v) is 6.01. The first kappa shape index (κ1) is 17.5. The molecule has 0 atom stereocenters. The number of rotatable bonds is 4. The van der Waals surface area contributed by atoms with E-state index in [1.165, 1.54) is 36.4 Å². The fourth-order valence-electron chi connectivity index (χ4n) is 2.54. The van der Waals surface area contributed by atoms with Crippen molar-refractivity contribution in [2.24, 2.45) is 0 Å². The van der Waals surface area contributed by atoms with Gasteiger partial charge in [0.25, 0.3) is 11.5 Å². The molecular formula is C18H13ClN2O5. The molecule has 0 bridgehead atoms. The molecule has 3 rings (SSSR count). The third kappa shape index (κ3) is 3.52. The lowest BCUT2D eigenvalue weighted by molar-refractivity contribution is 0.0695. The van der Waals surface area contributed by atoms with Gasteiger partial charge in [-0.3, -0.25) is 9.59 Å². The minimum atomic E-state index is -1.34. The number of aromatic amines is 1. The van der Waals surface area contributed by atoms with Crippen LogP contribution in [-0.4, -0.2) is 27.1 Å². The second kappa shape index (κ2) is 6.89. The molecule has 0 unspecified atom stereocenters. The van der Waals surface area contributed by atoms with Crippen LogP contribution in [0.4, 0.5) is 0 Å². The zero-order chi connectivity index (χ0) is 18.8. The van der Waals surface area contributed by atoms with E-state index in [1.54, 1.807) is 6.07 Å². The Bertz CT molecular complexity index is 1070. The van der Waals surface area contributed by atoms with E-state index in [2.05, 4.69) is 10.3 Å². The van der Waals surface area contributed by atoms with Crippen molar-refractivity contribution in [3.05, 3.63) is 74.5 Å². The second-order valence-electron chi connectivity index (χ2n) is 5.58. The molecule has 0 spiro atoms. The Labute approximate surface area is 151 Å². The number of hydrogen-bond acceptors (Lipinski definition) is 4. The number of hydrogen-bond donors (Lipinski definition) is 4. The fourth-order valence-corrected chi connectivity index (χ4v) is 2.79. The summed E-state index contributed by atoms with van der Waals surface area (Å²) in [5, 5.41) is 21.8. The molecule has 1 aromatic heterocycles. The average Bonchev–Trinajstić information content (AvgIpc) is 2.59. The van der Waals surface area contributed by atoms with Gasteiger partial charge < -0.3 is 20.5 Å². The number of aromatic nitrogens is 1. The first-order chi connectivity index (χ1) is 12.3. The number of amides is 1. The number of carboxylic acid groups (broad SMARTS) is 1. The number of carbonyl (C=O) groups is 2. The van der Waals surface area contributed by atoms with Crippen LogP contribution in [0.25, 0.3) is 10.9 Å². The summed E-state index contributed by atoms with van der Waals surface area (Å²) in [6, 6.07) is 10.1. The summed E-state index contributed by atoms with van der Waals surface area (Å²) < 4.78 is 0. The highest BCUT2D eigenvalue weighted by Gasteiger charge is 2.13. The normalized spacial score (nSPS) is 10.7. The Morgan fingerprint density at radius 2 is 1.81 bits per heavy atom. The van der Waals surface area contributed by atoms with E-state index in [1.807, 2.05) is 0 Å². The van der Waals surface area contributed by atoms with Gasteiger partial charge in [-0.25, -0.2) is 4.79 Å². The SMILES string of the molecule is O=C(NCc1cc(Cl)cc2cc(C(=O)O)c(=O)[nH]c12)c1ccc(O)cc1. The average molecular weight is 373 g/mol. The summed E-state index contributed by atoms with van der Waals surface area (Å²) >= 11 is 6.07. The maximum absolute atomic E-state index is 12.2. The zero-order valence-corrected chi connectivity index (χ0v) is 14.0. The van der Waals surface area contributed by atoms with Crippen LogP contribution in [-0.2, 0) is 6.54 Å². The van der Waals surface area contributed by atoms with Crippen LogP contribution in [0.1, 0.15) is 26.3 Å². The van der Waals surface area contributed by atoms with Crippen molar-refractivity contribution in [3.8, 4) is 5.75 Å². The first-order valence-corrected chi connectivity index (χ1v) is 7.89. The molecule has 1 heterocycles.